The molecule has 1 saturated heterocycles. The number of nitrogens with zero attached hydrogens (tertiary/aromatic N) is 3. The highest BCUT2D eigenvalue weighted by atomic mass is 19.1. The number of rotatable bonds is 1. The first-order chi connectivity index (χ1) is 8.00. The minimum absolute atomic E-state index is 0.304. The third-order valence-corrected chi connectivity index (χ3v) is 2.79. The van der Waals surface area contributed by atoms with E-state index in [1.807, 2.05) is 25.7 Å². The smallest absolute Gasteiger partial charge is 0.187 e. The second-order valence-corrected chi connectivity index (χ2v) is 5.21. The van der Waals surface area contributed by atoms with Crippen LogP contribution in [0.4, 0.5) is 10.2 Å². The molecular weight excluding hydrogens is 221 g/mol. The minimum atomic E-state index is -0.311. The van der Waals surface area contributed by atoms with Gasteiger partial charge >= 0.3 is 0 Å². The summed E-state index contributed by atoms with van der Waals surface area (Å²) in [7, 11) is 0. The summed E-state index contributed by atoms with van der Waals surface area (Å²) in [5, 5.41) is 0. The van der Waals surface area contributed by atoms with Gasteiger partial charge < -0.3 is 9.64 Å². The van der Waals surface area contributed by atoms with E-state index in [9.17, 15) is 4.39 Å². The van der Waals surface area contributed by atoms with E-state index in [2.05, 4.69) is 9.97 Å². The molecule has 0 aromatic carbocycles. The van der Waals surface area contributed by atoms with Gasteiger partial charge in [0.2, 0.25) is 0 Å². The van der Waals surface area contributed by atoms with Crippen LogP contribution >= 0.6 is 0 Å². The predicted molar refractivity (Wildman–Crippen MR) is 63.7 cm³/mol. The number of hydrogen-bond donors (Lipinski definition) is 0. The van der Waals surface area contributed by atoms with E-state index in [-0.39, 0.29) is 11.2 Å². The Balaban J connectivity index is 2.35. The van der Waals surface area contributed by atoms with Crippen molar-refractivity contribution in [2.24, 2.45) is 0 Å². The number of anilines is 1. The van der Waals surface area contributed by atoms with Gasteiger partial charge in [-0.1, -0.05) is 20.8 Å². The molecule has 0 amide bonds. The van der Waals surface area contributed by atoms with Gasteiger partial charge in [-0.25, -0.2) is 14.4 Å². The van der Waals surface area contributed by atoms with Crippen LogP contribution in [0.2, 0.25) is 0 Å². The summed E-state index contributed by atoms with van der Waals surface area (Å²) in [5.41, 5.74) is 0.155. The Morgan fingerprint density at radius 2 is 1.88 bits per heavy atom. The standard InChI is InChI=1S/C12H18FN3O/c1-12(2,3)10-9(13)11(15-8-14-10)16-4-6-17-7-5-16/h8H,4-7H2,1-3H3. The van der Waals surface area contributed by atoms with Crippen molar-refractivity contribution in [1.29, 1.82) is 0 Å². The van der Waals surface area contributed by atoms with Crippen molar-refractivity contribution in [3.05, 3.63) is 17.8 Å². The maximum absolute atomic E-state index is 14.3. The maximum Gasteiger partial charge on any atom is 0.187 e. The summed E-state index contributed by atoms with van der Waals surface area (Å²) >= 11 is 0. The van der Waals surface area contributed by atoms with Gasteiger partial charge in [0.05, 0.1) is 18.9 Å². The second kappa shape index (κ2) is 4.56. The van der Waals surface area contributed by atoms with Gasteiger partial charge in [0.1, 0.15) is 6.33 Å². The van der Waals surface area contributed by atoms with Crippen molar-refractivity contribution in [2.75, 3.05) is 31.2 Å². The molecule has 1 aliphatic rings. The van der Waals surface area contributed by atoms with Crippen LogP contribution in [0, 0.1) is 5.82 Å². The first kappa shape index (κ1) is 12.2. The van der Waals surface area contributed by atoms with Crippen LogP contribution in [0.5, 0.6) is 0 Å². The molecule has 1 aromatic rings. The fraction of sp³-hybridized carbons (Fsp3) is 0.667. The lowest BCUT2D eigenvalue weighted by atomic mass is 9.91. The van der Waals surface area contributed by atoms with Gasteiger partial charge in [0.15, 0.2) is 11.6 Å². The Hall–Kier alpha value is -1.23. The zero-order chi connectivity index (χ0) is 12.5. The van der Waals surface area contributed by atoms with Gasteiger partial charge in [0, 0.05) is 18.5 Å². The van der Waals surface area contributed by atoms with Crippen molar-refractivity contribution in [1.82, 2.24) is 9.97 Å². The fourth-order valence-electron chi connectivity index (χ4n) is 1.88. The van der Waals surface area contributed by atoms with Crippen LogP contribution in [-0.4, -0.2) is 36.3 Å². The average molecular weight is 239 g/mol. The summed E-state index contributed by atoms with van der Waals surface area (Å²) in [6, 6.07) is 0. The average Bonchev–Trinajstić information content (AvgIpc) is 2.29. The van der Waals surface area contributed by atoms with Crippen LogP contribution in [0.15, 0.2) is 6.33 Å². The summed E-state index contributed by atoms with van der Waals surface area (Å²) in [6.45, 7) is 8.43. The molecule has 0 spiro atoms. The fourth-order valence-corrected chi connectivity index (χ4v) is 1.88. The zero-order valence-corrected chi connectivity index (χ0v) is 10.5. The molecule has 17 heavy (non-hydrogen) atoms. The minimum Gasteiger partial charge on any atom is -0.378 e. The topological polar surface area (TPSA) is 38.2 Å². The number of halogens is 1. The molecule has 1 aliphatic heterocycles. The summed E-state index contributed by atoms with van der Waals surface area (Å²) < 4.78 is 19.6. The van der Waals surface area contributed by atoms with Gasteiger partial charge in [-0.2, -0.15) is 0 Å². The van der Waals surface area contributed by atoms with Crippen LogP contribution in [0.25, 0.3) is 0 Å². The molecule has 0 aliphatic carbocycles. The van der Waals surface area contributed by atoms with E-state index < -0.39 is 0 Å². The van der Waals surface area contributed by atoms with E-state index >= 15 is 0 Å². The van der Waals surface area contributed by atoms with Crippen LogP contribution in [0.1, 0.15) is 26.5 Å². The number of morpholine rings is 1. The van der Waals surface area contributed by atoms with Crippen LogP contribution in [-0.2, 0) is 10.2 Å². The van der Waals surface area contributed by atoms with Crippen molar-refractivity contribution in [3.63, 3.8) is 0 Å². The van der Waals surface area contributed by atoms with Gasteiger partial charge in [-0.05, 0) is 0 Å². The van der Waals surface area contributed by atoms with Crippen LogP contribution in [0.3, 0.4) is 0 Å². The number of hydrogen-bond acceptors (Lipinski definition) is 4. The first-order valence-corrected chi connectivity index (χ1v) is 5.84. The van der Waals surface area contributed by atoms with Crippen molar-refractivity contribution < 1.29 is 9.13 Å². The van der Waals surface area contributed by atoms with E-state index in [4.69, 9.17) is 4.74 Å². The Morgan fingerprint density at radius 1 is 1.24 bits per heavy atom. The van der Waals surface area contributed by atoms with Gasteiger partial charge in [-0.3, -0.25) is 0 Å². The van der Waals surface area contributed by atoms with Crippen molar-refractivity contribution in [2.45, 2.75) is 26.2 Å². The molecule has 2 heterocycles. The molecule has 0 N–H and O–H groups in total. The lowest BCUT2D eigenvalue weighted by molar-refractivity contribution is 0.122. The Bertz CT molecular complexity index is 397. The van der Waals surface area contributed by atoms with E-state index in [0.29, 0.717) is 37.8 Å². The van der Waals surface area contributed by atoms with Crippen LogP contribution < -0.4 is 4.90 Å². The van der Waals surface area contributed by atoms with E-state index in [1.54, 1.807) is 0 Å². The molecule has 0 radical (unpaired) electrons. The highest BCUT2D eigenvalue weighted by Crippen LogP contribution is 2.27. The van der Waals surface area contributed by atoms with E-state index in [0.717, 1.165) is 0 Å². The lowest BCUT2D eigenvalue weighted by Gasteiger charge is -2.29. The Kier molecular flexibility index (Phi) is 3.28. The highest BCUT2D eigenvalue weighted by Gasteiger charge is 2.25. The second-order valence-electron chi connectivity index (χ2n) is 5.21. The first-order valence-electron chi connectivity index (χ1n) is 5.84. The molecule has 1 fully saturated rings. The molecule has 94 valence electrons. The van der Waals surface area contributed by atoms with Gasteiger partial charge in [-0.15, -0.1) is 0 Å². The predicted octanol–water partition coefficient (Wildman–Crippen LogP) is 1.75. The Morgan fingerprint density at radius 3 is 2.47 bits per heavy atom. The highest BCUT2D eigenvalue weighted by molar-refractivity contribution is 5.42. The maximum atomic E-state index is 14.3. The lowest BCUT2D eigenvalue weighted by Crippen LogP contribution is -2.38. The monoisotopic (exact) mass is 239 g/mol. The van der Waals surface area contributed by atoms with Crippen molar-refractivity contribution >= 4 is 5.82 Å². The molecule has 1 aromatic heterocycles. The normalized spacial score (nSPS) is 17.3. The summed E-state index contributed by atoms with van der Waals surface area (Å²) in [5.74, 6) is 0.0927. The quantitative estimate of drug-likeness (QED) is 0.748. The largest absolute Gasteiger partial charge is 0.378 e. The van der Waals surface area contributed by atoms with E-state index in [1.165, 1.54) is 6.33 Å². The third-order valence-electron chi connectivity index (χ3n) is 2.79. The zero-order valence-electron chi connectivity index (χ0n) is 10.5. The molecule has 0 atom stereocenters. The summed E-state index contributed by atoms with van der Waals surface area (Å²) in [6.07, 6.45) is 1.44. The molecule has 5 heteroatoms. The molecular formula is C12H18FN3O. The number of ether oxygens (including phenoxy) is 1. The molecule has 0 unspecified atom stereocenters. The molecule has 0 bridgehead atoms. The third kappa shape index (κ3) is 2.54. The molecule has 2 rings (SSSR count). The molecule has 4 nitrogen and oxygen atoms in total. The SMILES string of the molecule is CC(C)(C)c1ncnc(N2CCOCC2)c1F. The summed E-state index contributed by atoms with van der Waals surface area (Å²) in [4.78, 5) is 10.0. The van der Waals surface area contributed by atoms with Crippen molar-refractivity contribution in [3.8, 4) is 0 Å². The van der Waals surface area contributed by atoms with Gasteiger partial charge in [0.25, 0.3) is 0 Å². The molecule has 0 saturated carbocycles. The number of aromatic nitrogens is 2. The Labute approximate surface area is 101 Å².